The third-order valence-corrected chi connectivity index (χ3v) is 5.67. The van der Waals surface area contributed by atoms with Gasteiger partial charge in [0, 0.05) is 17.5 Å². The molecule has 0 aliphatic heterocycles. The summed E-state index contributed by atoms with van der Waals surface area (Å²) in [5, 5.41) is 12.0. The van der Waals surface area contributed by atoms with Crippen molar-refractivity contribution in [3.8, 4) is 27.2 Å². The molecule has 29 heavy (non-hydrogen) atoms. The molecule has 148 valence electrons. The minimum atomic E-state index is -0.288. The highest BCUT2D eigenvalue weighted by atomic mass is 32.1. The van der Waals surface area contributed by atoms with E-state index in [1.165, 1.54) is 11.3 Å². The average molecular weight is 427 g/mol. The molecule has 0 fully saturated rings. The Bertz CT molecular complexity index is 1120. The molecule has 0 spiro atoms. The number of anilines is 1. The lowest BCUT2D eigenvalue weighted by molar-refractivity contribution is -0.118. The van der Waals surface area contributed by atoms with Crippen molar-refractivity contribution in [3.05, 3.63) is 58.9 Å². The Morgan fingerprint density at radius 2 is 2.03 bits per heavy atom. The first-order valence-corrected chi connectivity index (χ1v) is 10.5. The van der Waals surface area contributed by atoms with Crippen LogP contribution in [0.2, 0.25) is 0 Å². The molecule has 0 unspecified atom stereocenters. The fourth-order valence-electron chi connectivity index (χ4n) is 2.65. The molecular formula is C20H18N4O3S2. The second kappa shape index (κ2) is 8.46. The summed E-state index contributed by atoms with van der Waals surface area (Å²) in [5.41, 5.74) is 1.67. The molecule has 1 amide bonds. The average Bonchev–Trinajstić information content (AvgIpc) is 3.47. The van der Waals surface area contributed by atoms with E-state index in [2.05, 4.69) is 15.4 Å². The predicted molar refractivity (Wildman–Crippen MR) is 114 cm³/mol. The third kappa shape index (κ3) is 4.47. The smallest absolute Gasteiger partial charge is 0.263 e. The molecule has 0 bridgehead atoms. The lowest BCUT2D eigenvalue weighted by Gasteiger charge is -2.09. The lowest BCUT2D eigenvalue weighted by atomic mass is 10.3. The molecule has 3 aromatic heterocycles. The van der Waals surface area contributed by atoms with E-state index in [0.717, 1.165) is 16.3 Å². The molecule has 4 rings (SSSR count). The van der Waals surface area contributed by atoms with Crippen LogP contribution >= 0.6 is 22.7 Å². The predicted octanol–water partition coefficient (Wildman–Crippen LogP) is 4.39. The van der Waals surface area contributed by atoms with E-state index in [9.17, 15) is 4.79 Å². The van der Waals surface area contributed by atoms with Gasteiger partial charge in [-0.3, -0.25) is 4.79 Å². The number of aromatic nitrogens is 3. The minimum Gasteiger partial charge on any atom is -0.497 e. The van der Waals surface area contributed by atoms with Crippen LogP contribution in [0.1, 0.15) is 5.69 Å². The number of benzene rings is 1. The van der Waals surface area contributed by atoms with Crippen LogP contribution in [-0.2, 0) is 4.79 Å². The van der Waals surface area contributed by atoms with Crippen molar-refractivity contribution in [2.24, 2.45) is 0 Å². The maximum absolute atomic E-state index is 12.4. The number of amides is 1. The van der Waals surface area contributed by atoms with Crippen LogP contribution < -0.4 is 14.8 Å². The number of methoxy groups -OCH3 is 1. The van der Waals surface area contributed by atoms with Crippen molar-refractivity contribution in [2.45, 2.75) is 6.92 Å². The second-order valence-corrected chi connectivity index (χ2v) is 7.88. The summed E-state index contributed by atoms with van der Waals surface area (Å²) in [6.45, 7) is 1.74. The molecule has 1 N–H and O–H groups in total. The number of hydrogen-bond acceptors (Lipinski definition) is 7. The Hall–Kier alpha value is -3.17. The van der Waals surface area contributed by atoms with Crippen LogP contribution in [0, 0.1) is 6.92 Å². The number of nitrogens with one attached hydrogen (secondary N) is 1. The zero-order valence-corrected chi connectivity index (χ0v) is 17.4. The highest BCUT2D eigenvalue weighted by molar-refractivity contribution is 7.15. The van der Waals surface area contributed by atoms with Gasteiger partial charge in [0.15, 0.2) is 6.61 Å². The summed E-state index contributed by atoms with van der Waals surface area (Å²) in [6, 6.07) is 12.9. The molecule has 3 heterocycles. The standard InChI is InChI=1S/C20H18N4O3S2/c1-13-9-18(22-19(25)11-27-15-6-3-5-14(10-15)26-2)24(23-13)20-21-16(12-29-20)17-7-4-8-28-17/h3-10,12H,11H2,1-2H3,(H,22,25). The molecule has 0 radical (unpaired) electrons. The number of carbonyl (C=O) groups excluding carboxylic acids is 1. The number of rotatable bonds is 7. The van der Waals surface area contributed by atoms with E-state index < -0.39 is 0 Å². The summed E-state index contributed by atoms with van der Waals surface area (Å²) in [6.07, 6.45) is 0. The van der Waals surface area contributed by atoms with Crippen molar-refractivity contribution in [1.82, 2.24) is 14.8 Å². The van der Waals surface area contributed by atoms with Gasteiger partial charge in [0.1, 0.15) is 17.3 Å². The maximum Gasteiger partial charge on any atom is 0.263 e. The highest BCUT2D eigenvalue weighted by Gasteiger charge is 2.15. The van der Waals surface area contributed by atoms with Gasteiger partial charge in [-0.25, -0.2) is 4.98 Å². The lowest BCUT2D eigenvalue weighted by Crippen LogP contribution is -2.21. The van der Waals surface area contributed by atoms with E-state index in [1.807, 2.05) is 35.9 Å². The van der Waals surface area contributed by atoms with Crippen LogP contribution in [-0.4, -0.2) is 34.4 Å². The first kappa shape index (κ1) is 19.2. The zero-order valence-electron chi connectivity index (χ0n) is 15.8. The van der Waals surface area contributed by atoms with Gasteiger partial charge in [-0.2, -0.15) is 9.78 Å². The van der Waals surface area contributed by atoms with Crippen molar-refractivity contribution in [3.63, 3.8) is 0 Å². The third-order valence-electron chi connectivity index (χ3n) is 3.96. The summed E-state index contributed by atoms with van der Waals surface area (Å²) >= 11 is 3.10. The Morgan fingerprint density at radius 1 is 1.17 bits per heavy atom. The van der Waals surface area contributed by atoms with Gasteiger partial charge in [0.25, 0.3) is 5.91 Å². The van der Waals surface area contributed by atoms with E-state index in [4.69, 9.17) is 9.47 Å². The van der Waals surface area contributed by atoms with Crippen molar-refractivity contribution in [1.29, 1.82) is 0 Å². The highest BCUT2D eigenvalue weighted by Crippen LogP contribution is 2.29. The quantitative estimate of drug-likeness (QED) is 0.474. The van der Waals surface area contributed by atoms with Crippen LogP contribution in [0.25, 0.3) is 15.7 Å². The largest absolute Gasteiger partial charge is 0.497 e. The first-order valence-electron chi connectivity index (χ1n) is 8.75. The van der Waals surface area contributed by atoms with Gasteiger partial charge in [0.05, 0.1) is 23.4 Å². The van der Waals surface area contributed by atoms with Crippen molar-refractivity contribution < 1.29 is 14.3 Å². The SMILES string of the molecule is COc1cccc(OCC(=O)Nc2cc(C)nn2-c2nc(-c3cccs3)cs2)c1. The van der Waals surface area contributed by atoms with Gasteiger partial charge in [-0.15, -0.1) is 22.7 Å². The van der Waals surface area contributed by atoms with E-state index in [0.29, 0.717) is 22.4 Å². The van der Waals surface area contributed by atoms with Crippen LogP contribution in [0.5, 0.6) is 11.5 Å². The van der Waals surface area contributed by atoms with Crippen molar-refractivity contribution >= 4 is 34.4 Å². The number of hydrogen-bond donors (Lipinski definition) is 1. The Balaban J connectivity index is 1.46. The summed E-state index contributed by atoms with van der Waals surface area (Å²) < 4.78 is 12.4. The molecule has 0 aliphatic carbocycles. The van der Waals surface area contributed by atoms with E-state index in [1.54, 1.807) is 47.4 Å². The van der Waals surface area contributed by atoms with Gasteiger partial charge >= 0.3 is 0 Å². The summed E-state index contributed by atoms with van der Waals surface area (Å²) in [7, 11) is 1.58. The molecule has 0 saturated heterocycles. The Kier molecular flexibility index (Phi) is 5.59. The fourth-order valence-corrected chi connectivity index (χ4v) is 4.20. The monoisotopic (exact) mass is 426 g/mol. The molecular weight excluding hydrogens is 408 g/mol. The molecule has 0 aliphatic rings. The Morgan fingerprint density at radius 3 is 2.83 bits per heavy atom. The maximum atomic E-state index is 12.4. The molecule has 4 aromatic rings. The number of carbonyl (C=O) groups is 1. The molecule has 9 heteroatoms. The summed E-state index contributed by atoms with van der Waals surface area (Å²) in [4.78, 5) is 18.1. The van der Waals surface area contributed by atoms with Gasteiger partial charge in [0.2, 0.25) is 5.13 Å². The van der Waals surface area contributed by atoms with Crippen LogP contribution in [0.4, 0.5) is 5.82 Å². The van der Waals surface area contributed by atoms with E-state index >= 15 is 0 Å². The Labute approximate surface area is 175 Å². The van der Waals surface area contributed by atoms with Gasteiger partial charge in [-0.05, 0) is 30.5 Å². The number of nitrogens with zero attached hydrogens (tertiary/aromatic N) is 3. The number of thiophene rings is 1. The topological polar surface area (TPSA) is 78.3 Å². The minimum absolute atomic E-state index is 0.129. The number of ether oxygens (including phenoxy) is 2. The summed E-state index contributed by atoms with van der Waals surface area (Å²) in [5.74, 6) is 1.49. The molecule has 0 atom stereocenters. The molecule has 7 nitrogen and oxygen atoms in total. The second-order valence-electron chi connectivity index (χ2n) is 6.09. The van der Waals surface area contributed by atoms with E-state index in [-0.39, 0.29) is 12.5 Å². The van der Waals surface area contributed by atoms with Gasteiger partial charge < -0.3 is 14.8 Å². The van der Waals surface area contributed by atoms with Crippen LogP contribution in [0.15, 0.2) is 53.2 Å². The number of aryl methyl sites for hydroxylation is 1. The fraction of sp³-hybridized carbons (Fsp3) is 0.150. The first-order chi connectivity index (χ1) is 14.1. The molecule has 0 saturated carbocycles. The van der Waals surface area contributed by atoms with Gasteiger partial charge in [-0.1, -0.05) is 12.1 Å². The molecule has 1 aromatic carbocycles. The normalized spacial score (nSPS) is 10.7. The number of thiazole rings is 1. The van der Waals surface area contributed by atoms with Crippen LogP contribution in [0.3, 0.4) is 0 Å². The van der Waals surface area contributed by atoms with Crippen molar-refractivity contribution in [2.75, 3.05) is 19.0 Å². The zero-order chi connectivity index (χ0) is 20.2.